The molecule has 0 amide bonds. The maximum atomic E-state index is 10.4. The number of carbonyl (C=O) groups excluding carboxylic acids is 2. The van der Waals surface area contributed by atoms with Crippen LogP contribution >= 0.6 is 0 Å². The van der Waals surface area contributed by atoms with Crippen molar-refractivity contribution in [3.63, 3.8) is 0 Å². The molecule has 0 aromatic carbocycles. The second kappa shape index (κ2) is 12.2. The molecule has 0 rings (SSSR count). The van der Waals surface area contributed by atoms with Gasteiger partial charge in [0.15, 0.2) is 0 Å². The number of ketones is 2. The van der Waals surface area contributed by atoms with E-state index >= 15 is 0 Å². The number of Topliss-reactive ketones (excluding diaryl/α,β-unsaturated/α-hetero) is 2. The van der Waals surface area contributed by atoms with Crippen LogP contribution in [-0.4, -0.2) is 59.9 Å². The van der Waals surface area contributed by atoms with Crippen molar-refractivity contribution in [2.75, 3.05) is 0 Å². The summed E-state index contributed by atoms with van der Waals surface area (Å²) in [5.74, 6) is -4.19. The number of hydrogen-bond donors (Lipinski definition) is 2. The van der Waals surface area contributed by atoms with Gasteiger partial charge in [0.25, 0.3) is 0 Å². The van der Waals surface area contributed by atoms with E-state index in [1.54, 1.807) is 13.8 Å². The molecule has 0 aromatic rings. The summed E-state index contributed by atoms with van der Waals surface area (Å²) in [4.78, 5) is 41.2. The van der Waals surface area contributed by atoms with Gasteiger partial charge in [0.2, 0.25) is 0 Å². The molecule has 0 aromatic heterocycles. The molecule has 2 unspecified atom stereocenters. The van der Waals surface area contributed by atoms with E-state index in [-0.39, 0.29) is 37.8 Å². The Labute approximate surface area is 131 Å². The van der Waals surface area contributed by atoms with E-state index < -0.39 is 23.8 Å². The van der Waals surface area contributed by atoms with Gasteiger partial charge >= 0.3 is 38.1 Å². The predicted molar refractivity (Wildman–Crippen MR) is 74.1 cm³/mol. The Kier molecular flexibility index (Phi) is 15.0. The number of rotatable bonds is 6. The first-order valence-electron chi connectivity index (χ1n) is 5.65. The fourth-order valence-electron chi connectivity index (χ4n) is 1.27. The summed E-state index contributed by atoms with van der Waals surface area (Å²) < 4.78 is 0. The first-order valence-corrected chi connectivity index (χ1v) is 5.65. The van der Waals surface area contributed by atoms with Gasteiger partial charge < -0.3 is 10.2 Å². The fourth-order valence-corrected chi connectivity index (χ4v) is 1.27. The second-order valence-electron chi connectivity index (χ2n) is 3.82. The molecule has 0 fully saturated rings. The molecule has 0 saturated heterocycles. The zero-order chi connectivity index (χ0) is 14.9. The monoisotopic (exact) mass is 472 g/mol. The number of carboxylic acids is 2. The Morgan fingerprint density at radius 1 is 0.789 bits per heavy atom. The van der Waals surface area contributed by atoms with E-state index in [2.05, 4.69) is 0 Å². The van der Waals surface area contributed by atoms with Gasteiger partial charge in [-0.05, 0) is 26.7 Å². The quantitative estimate of drug-likeness (QED) is 0.422. The van der Waals surface area contributed by atoms with Crippen molar-refractivity contribution in [2.45, 2.75) is 40.5 Å². The number of carbonyl (C=O) groups is 4. The summed E-state index contributed by atoms with van der Waals surface area (Å²) in [6.45, 7) is 5.95. The molecule has 2 N–H and O–H groups in total. The van der Waals surface area contributed by atoms with Gasteiger partial charge in [-0.3, -0.25) is 19.2 Å². The molecule has 0 aliphatic rings. The van der Waals surface area contributed by atoms with Gasteiger partial charge in [0.05, 0.1) is 0 Å². The topological polar surface area (TPSA) is 109 Å². The summed E-state index contributed by atoms with van der Waals surface area (Å²) in [5, 5.41) is 16.6. The minimum absolute atomic E-state index is 0. The van der Waals surface area contributed by atoms with E-state index in [4.69, 9.17) is 10.2 Å². The van der Waals surface area contributed by atoms with Gasteiger partial charge in [0, 0.05) is 0 Å². The predicted octanol–water partition coefficient (Wildman–Crippen LogP) is 0.188. The summed E-state index contributed by atoms with van der Waals surface area (Å²) in [5.41, 5.74) is 0. The average molecular weight is 472 g/mol. The average Bonchev–Trinajstić information content (AvgIpc) is 2.17. The molecular formula is C12H23BiO6. The molecular weight excluding hydrogens is 449 g/mol. The summed E-state index contributed by atoms with van der Waals surface area (Å²) in [6, 6.07) is 0. The van der Waals surface area contributed by atoms with Crippen molar-refractivity contribution < 1.29 is 29.4 Å². The standard InChI is InChI=1S/2C6H10O3.Bi.3H/c2*1-3-5(4(2)7)6(8)9;;;;/h2*5H,3H2,1-2H3,(H,8,9);;;;. The van der Waals surface area contributed by atoms with Crippen LogP contribution < -0.4 is 0 Å². The van der Waals surface area contributed by atoms with E-state index in [0.717, 1.165) is 0 Å². The van der Waals surface area contributed by atoms with Crippen molar-refractivity contribution in [3.05, 3.63) is 0 Å². The molecule has 0 bridgehead atoms. The first-order chi connectivity index (χ1) is 8.18. The zero-order valence-corrected chi connectivity index (χ0v) is 17.3. The fraction of sp³-hybridized carbons (Fsp3) is 0.667. The van der Waals surface area contributed by atoms with E-state index in [1.807, 2.05) is 0 Å². The van der Waals surface area contributed by atoms with E-state index in [9.17, 15) is 19.2 Å². The van der Waals surface area contributed by atoms with Crippen molar-refractivity contribution in [1.82, 2.24) is 0 Å². The van der Waals surface area contributed by atoms with Gasteiger partial charge in [-0.25, -0.2) is 0 Å². The van der Waals surface area contributed by atoms with Crippen LogP contribution in [0.3, 0.4) is 0 Å². The zero-order valence-electron chi connectivity index (χ0n) is 11.8. The number of carboxylic acid groups (broad SMARTS) is 2. The first kappa shape index (κ1) is 23.3. The van der Waals surface area contributed by atoms with Crippen LogP contribution in [0.2, 0.25) is 0 Å². The molecule has 2 atom stereocenters. The molecule has 0 heterocycles. The van der Waals surface area contributed by atoms with Crippen molar-refractivity contribution in [3.8, 4) is 0 Å². The van der Waals surface area contributed by atoms with Gasteiger partial charge in [-0.1, -0.05) is 13.8 Å². The van der Waals surface area contributed by atoms with E-state index in [1.165, 1.54) is 13.8 Å². The SMILES string of the molecule is CCC(C(C)=O)C(=O)O.CCC(C(C)=O)C(=O)O.[BiH3]. The van der Waals surface area contributed by atoms with E-state index in [0.29, 0.717) is 12.8 Å². The van der Waals surface area contributed by atoms with Gasteiger partial charge in [-0.15, -0.1) is 0 Å². The van der Waals surface area contributed by atoms with Gasteiger partial charge in [0.1, 0.15) is 23.4 Å². The van der Waals surface area contributed by atoms with Crippen molar-refractivity contribution in [2.24, 2.45) is 11.8 Å². The normalized spacial score (nSPS) is 12.0. The molecule has 112 valence electrons. The Morgan fingerprint density at radius 3 is 1.00 bits per heavy atom. The molecule has 0 radical (unpaired) electrons. The molecule has 0 spiro atoms. The third-order valence-corrected chi connectivity index (χ3v) is 2.39. The summed E-state index contributed by atoms with van der Waals surface area (Å²) >= 11 is 0. The Hall–Kier alpha value is -0.837. The molecule has 6 nitrogen and oxygen atoms in total. The number of aliphatic carboxylic acids is 2. The Balaban J connectivity index is -0.000000256. The third-order valence-electron chi connectivity index (χ3n) is 2.39. The van der Waals surface area contributed by atoms with Crippen LogP contribution in [0.25, 0.3) is 0 Å². The minimum atomic E-state index is -1.02. The second-order valence-corrected chi connectivity index (χ2v) is 3.82. The third kappa shape index (κ3) is 10.7. The molecule has 0 aliphatic carbocycles. The Morgan fingerprint density at radius 2 is 1.00 bits per heavy atom. The van der Waals surface area contributed by atoms with Crippen molar-refractivity contribution in [1.29, 1.82) is 0 Å². The molecule has 0 saturated carbocycles. The maximum absolute atomic E-state index is 10.4. The van der Waals surface area contributed by atoms with Crippen LogP contribution in [0.1, 0.15) is 40.5 Å². The summed E-state index contributed by atoms with van der Waals surface area (Å²) in [7, 11) is 0. The van der Waals surface area contributed by atoms with Crippen LogP contribution in [0.4, 0.5) is 0 Å². The van der Waals surface area contributed by atoms with Crippen LogP contribution in [-0.2, 0) is 19.2 Å². The molecule has 0 aliphatic heterocycles. The molecule has 19 heavy (non-hydrogen) atoms. The Bertz CT molecular complexity index is 266. The van der Waals surface area contributed by atoms with Gasteiger partial charge in [-0.2, -0.15) is 0 Å². The molecule has 7 heteroatoms. The summed E-state index contributed by atoms with van der Waals surface area (Å²) in [6.07, 6.45) is 0.759. The number of hydrogen-bond acceptors (Lipinski definition) is 4. The van der Waals surface area contributed by atoms with Crippen LogP contribution in [0.5, 0.6) is 0 Å². The van der Waals surface area contributed by atoms with Crippen LogP contribution in [0.15, 0.2) is 0 Å². The van der Waals surface area contributed by atoms with Crippen molar-refractivity contribution >= 4 is 49.7 Å². The van der Waals surface area contributed by atoms with Crippen LogP contribution in [0, 0.1) is 11.8 Å².